The molecule has 34 heavy (non-hydrogen) atoms. The van der Waals surface area contributed by atoms with Crippen LogP contribution in [-0.4, -0.2) is 66.9 Å². The fourth-order valence-corrected chi connectivity index (χ4v) is 4.53. The number of primary amides is 1. The summed E-state index contributed by atoms with van der Waals surface area (Å²) in [5.74, 6) is -0.944. The number of aromatic nitrogens is 1. The molecule has 1 saturated heterocycles. The lowest BCUT2D eigenvalue weighted by Crippen LogP contribution is -2.47. The number of benzene rings is 3. The Hall–Kier alpha value is -3.91. The second-order valence-electron chi connectivity index (χ2n) is 8.64. The van der Waals surface area contributed by atoms with Crippen LogP contribution in [0.3, 0.4) is 0 Å². The molecule has 8 heteroatoms. The number of H-pyrrole nitrogens is 1. The number of fused-ring (bicyclic) bond motifs is 3. The fourth-order valence-electron chi connectivity index (χ4n) is 4.53. The molecule has 1 aliphatic heterocycles. The number of carbonyl (C=O) groups excluding carboxylic acids is 2. The van der Waals surface area contributed by atoms with Gasteiger partial charge >= 0.3 is 0 Å². The molecular formula is C26H25FN4O3. The van der Waals surface area contributed by atoms with Crippen LogP contribution in [0, 0.1) is 5.82 Å². The number of amides is 2. The van der Waals surface area contributed by atoms with Gasteiger partial charge in [-0.25, -0.2) is 4.39 Å². The van der Waals surface area contributed by atoms with Gasteiger partial charge in [0.2, 0.25) is 0 Å². The van der Waals surface area contributed by atoms with Gasteiger partial charge in [-0.2, -0.15) is 0 Å². The molecule has 5 rings (SSSR count). The Balaban J connectivity index is 1.61. The second-order valence-corrected chi connectivity index (χ2v) is 8.64. The van der Waals surface area contributed by atoms with Crippen molar-refractivity contribution in [1.82, 2.24) is 14.8 Å². The van der Waals surface area contributed by atoms with Crippen LogP contribution in [0.1, 0.15) is 20.7 Å². The zero-order valence-corrected chi connectivity index (χ0v) is 19.0. The van der Waals surface area contributed by atoms with Crippen LogP contribution in [0.15, 0.2) is 48.5 Å². The van der Waals surface area contributed by atoms with Crippen molar-refractivity contribution < 1.29 is 18.7 Å². The van der Waals surface area contributed by atoms with E-state index >= 15 is 0 Å². The van der Waals surface area contributed by atoms with Crippen molar-refractivity contribution in [3.05, 3.63) is 65.5 Å². The van der Waals surface area contributed by atoms with Gasteiger partial charge in [-0.3, -0.25) is 9.59 Å². The number of nitrogens with zero attached hydrogens (tertiary/aromatic N) is 2. The maximum absolute atomic E-state index is 13.9. The van der Waals surface area contributed by atoms with Crippen molar-refractivity contribution in [2.75, 3.05) is 40.3 Å². The SMILES string of the molecule is COc1cc(-c2cc(C(N)=O)c3[nH]c4cc(C(=O)N5CCN(C)CC5)ccc4c3c2)ccc1F. The molecule has 0 radical (unpaired) electrons. The summed E-state index contributed by atoms with van der Waals surface area (Å²) in [6.07, 6.45) is 0. The first-order valence-electron chi connectivity index (χ1n) is 11.1. The maximum atomic E-state index is 13.9. The first-order chi connectivity index (χ1) is 16.4. The van der Waals surface area contributed by atoms with Gasteiger partial charge in [0.15, 0.2) is 11.6 Å². The zero-order chi connectivity index (χ0) is 24.0. The molecule has 2 amide bonds. The van der Waals surface area contributed by atoms with E-state index in [0.29, 0.717) is 40.9 Å². The second kappa shape index (κ2) is 8.46. The number of piperazine rings is 1. The quantitative estimate of drug-likeness (QED) is 0.487. The molecule has 1 fully saturated rings. The maximum Gasteiger partial charge on any atom is 0.254 e. The molecule has 1 aliphatic rings. The predicted molar refractivity (Wildman–Crippen MR) is 130 cm³/mol. The van der Waals surface area contributed by atoms with E-state index in [4.69, 9.17) is 10.5 Å². The van der Waals surface area contributed by atoms with E-state index in [2.05, 4.69) is 9.88 Å². The van der Waals surface area contributed by atoms with Crippen LogP contribution in [-0.2, 0) is 0 Å². The van der Waals surface area contributed by atoms with Crippen LogP contribution in [0.4, 0.5) is 4.39 Å². The van der Waals surface area contributed by atoms with Crippen molar-refractivity contribution >= 4 is 33.6 Å². The van der Waals surface area contributed by atoms with Crippen LogP contribution in [0.5, 0.6) is 5.75 Å². The smallest absolute Gasteiger partial charge is 0.254 e. The normalized spacial score (nSPS) is 14.6. The van der Waals surface area contributed by atoms with E-state index < -0.39 is 11.7 Å². The number of hydrogen-bond acceptors (Lipinski definition) is 4. The minimum Gasteiger partial charge on any atom is -0.494 e. The number of aromatic amines is 1. The van der Waals surface area contributed by atoms with E-state index in [1.807, 2.05) is 36.2 Å². The molecule has 3 aromatic carbocycles. The number of rotatable bonds is 4. The summed E-state index contributed by atoms with van der Waals surface area (Å²) in [6.45, 7) is 3.07. The van der Waals surface area contributed by atoms with Gasteiger partial charge in [-0.15, -0.1) is 0 Å². The van der Waals surface area contributed by atoms with E-state index in [0.717, 1.165) is 29.4 Å². The van der Waals surface area contributed by atoms with E-state index in [1.165, 1.54) is 13.2 Å². The molecule has 174 valence electrons. The molecule has 0 spiro atoms. The Kier molecular flexibility index (Phi) is 5.45. The van der Waals surface area contributed by atoms with Crippen molar-refractivity contribution in [2.24, 2.45) is 5.73 Å². The summed E-state index contributed by atoms with van der Waals surface area (Å²) < 4.78 is 19.0. The van der Waals surface area contributed by atoms with Crippen molar-refractivity contribution in [3.8, 4) is 16.9 Å². The Morgan fingerprint density at radius 1 is 0.971 bits per heavy atom. The summed E-state index contributed by atoms with van der Waals surface area (Å²) in [7, 11) is 3.45. The lowest BCUT2D eigenvalue weighted by atomic mass is 9.98. The van der Waals surface area contributed by atoms with Gasteiger partial charge < -0.3 is 25.3 Å². The third-order valence-corrected chi connectivity index (χ3v) is 6.50. The largest absolute Gasteiger partial charge is 0.494 e. The fraction of sp³-hybridized carbons (Fsp3) is 0.231. The zero-order valence-electron chi connectivity index (χ0n) is 19.0. The van der Waals surface area contributed by atoms with E-state index in [9.17, 15) is 14.0 Å². The molecule has 7 nitrogen and oxygen atoms in total. The van der Waals surface area contributed by atoms with Gasteiger partial charge in [-0.1, -0.05) is 12.1 Å². The van der Waals surface area contributed by atoms with Gasteiger partial charge in [0.05, 0.1) is 18.2 Å². The van der Waals surface area contributed by atoms with E-state index in [-0.39, 0.29) is 11.7 Å². The Labute approximate surface area is 195 Å². The summed E-state index contributed by atoms with van der Waals surface area (Å²) in [5.41, 5.74) is 9.36. The van der Waals surface area contributed by atoms with Gasteiger partial charge in [0.25, 0.3) is 11.8 Å². The van der Waals surface area contributed by atoms with Crippen LogP contribution >= 0.6 is 0 Å². The lowest BCUT2D eigenvalue weighted by Gasteiger charge is -2.32. The Morgan fingerprint density at radius 2 is 1.74 bits per heavy atom. The summed E-state index contributed by atoms with van der Waals surface area (Å²) >= 11 is 0. The van der Waals surface area contributed by atoms with Gasteiger partial charge in [-0.05, 0) is 54.6 Å². The standard InChI is InChI=1S/C26H25FN4O3/c1-30-7-9-31(10-8-30)26(33)16-3-5-18-19-11-17(15-4-6-21(27)23(14-15)34-2)12-20(25(28)32)24(19)29-22(18)13-16/h3-6,11-14,29H,7-10H2,1-2H3,(H2,28,32). The average Bonchev–Trinajstić information content (AvgIpc) is 3.21. The third kappa shape index (κ3) is 3.76. The van der Waals surface area contributed by atoms with Crippen LogP contribution in [0.25, 0.3) is 32.9 Å². The first kappa shape index (κ1) is 21.9. The number of ether oxygens (including phenoxy) is 1. The van der Waals surface area contributed by atoms with Gasteiger partial charge in [0.1, 0.15) is 0 Å². The highest BCUT2D eigenvalue weighted by Crippen LogP contribution is 2.35. The van der Waals surface area contributed by atoms with E-state index in [1.54, 1.807) is 18.2 Å². The molecule has 3 N–H and O–H groups in total. The number of likely N-dealkylation sites (N-methyl/N-ethyl adjacent to an activating group) is 1. The molecule has 0 aliphatic carbocycles. The monoisotopic (exact) mass is 460 g/mol. The minimum absolute atomic E-state index is 0.0112. The number of methoxy groups -OCH3 is 1. The lowest BCUT2D eigenvalue weighted by molar-refractivity contribution is 0.0664. The summed E-state index contributed by atoms with van der Waals surface area (Å²) in [6, 6.07) is 13.7. The molecule has 1 aromatic heterocycles. The number of carbonyl (C=O) groups is 2. The number of halogens is 1. The van der Waals surface area contributed by atoms with Gasteiger partial charge in [0, 0.05) is 48.0 Å². The highest BCUT2D eigenvalue weighted by atomic mass is 19.1. The molecule has 0 atom stereocenters. The first-order valence-corrected chi connectivity index (χ1v) is 11.1. The predicted octanol–water partition coefficient (Wildman–Crippen LogP) is 3.62. The minimum atomic E-state index is -0.582. The molecular weight excluding hydrogens is 435 g/mol. The van der Waals surface area contributed by atoms with Crippen molar-refractivity contribution in [1.29, 1.82) is 0 Å². The van der Waals surface area contributed by atoms with Crippen molar-refractivity contribution in [2.45, 2.75) is 0 Å². The molecule has 0 bridgehead atoms. The summed E-state index contributed by atoms with van der Waals surface area (Å²) in [4.78, 5) is 32.7. The third-order valence-electron chi connectivity index (χ3n) is 6.50. The molecule has 2 heterocycles. The molecule has 4 aromatic rings. The number of hydrogen-bond donors (Lipinski definition) is 2. The highest BCUT2D eigenvalue weighted by Gasteiger charge is 2.22. The molecule has 0 unspecified atom stereocenters. The average molecular weight is 461 g/mol. The Morgan fingerprint density at radius 3 is 2.44 bits per heavy atom. The van der Waals surface area contributed by atoms with Crippen LogP contribution in [0.2, 0.25) is 0 Å². The number of nitrogens with two attached hydrogens (primary N) is 1. The molecule has 0 saturated carbocycles. The summed E-state index contributed by atoms with van der Waals surface area (Å²) in [5, 5.41) is 1.66. The Bertz CT molecular complexity index is 1440. The number of nitrogens with one attached hydrogen (secondary N) is 1. The van der Waals surface area contributed by atoms with Crippen LogP contribution < -0.4 is 10.5 Å². The van der Waals surface area contributed by atoms with Crippen molar-refractivity contribution in [3.63, 3.8) is 0 Å². The topological polar surface area (TPSA) is 91.7 Å². The highest BCUT2D eigenvalue weighted by molar-refractivity contribution is 6.17.